The second-order valence-corrected chi connectivity index (χ2v) is 10.9. The van der Waals surface area contributed by atoms with Crippen LogP contribution in [0.1, 0.15) is 97.3 Å². The van der Waals surface area contributed by atoms with Crippen molar-refractivity contribution in [1.29, 1.82) is 0 Å². The molecule has 188 valence electrons. The average Bonchev–Trinajstić information content (AvgIpc) is 2.87. The van der Waals surface area contributed by atoms with Crippen molar-refractivity contribution in [3.63, 3.8) is 0 Å². The average molecular weight is 473 g/mol. The Morgan fingerprint density at radius 1 is 0.853 bits per heavy atom. The fourth-order valence-electron chi connectivity index (χ4n) is 6.37. The second kappa shape index (κ2) is 11.7. The van der Waals surface area contributed by atoms with Gasteiger partial charge in [-0.15, -0.1) is 0 Å². The Morgan fingerprint density at radius 2 is 1.59 bits per heavy atom. The number of hydrogen-bond acceptors (Lipinski definition) is 2. The molecule has 2 aliphatic carbocycles. The SMILES string of the molecule is CCCCOc1ccc2cc(OC[C@]3(CCC)CC[C@@H](C4CCCCC4)CC3)c(F)c(F)c2c1. The summed E-state index contributed by atoms with van der Waals surface area (Å²) >= 11 is 0. The number of ether oxygens (including phenoxy) is 2. The van der Waals surface area contributed by atoms with Gasteiger partial charge >= 0.3 is 0 Å². The first-order valence-electron chi connectivity index (χ1n) is 13.7. The number of fused-ring (bicyclic) bond motifs is 1. The molecule has 4 heteroatoms. The molecule has 0 atom stereocenters. The lowest BCUT2D eigenvalue weighted by Gasteiger charge is -2.43. The highest BCUT2D eigenvalue weighted by atomic mass is 19.2. The fraction of sp³-hybridized carbons (Fsp3) is 0.667. The highest BCUT2D eigenvalue weighted by molar-refractivity contribution is 5.86. The molecule has 34 heavy (non-hydrogen) atoms. The second-order valence-electron chi connectivity index (χ2n) is 10.9. The summed E-state index contributed by atoms with van der Waals surface area (Å²) in [7, 11) is 0. The predicted octanol–water partition coefficient (Wildman–Crippen LogP) is 9.23. The monoisotopic (exact) mass is 472 g/mol. The molecule has 2 aliphatic rings. The van der Waals surface area contributed by atoms with E-state index in [1.54, 1.807) is 18.2 Å². The van der Waals surface area contributed by atoms with Crippen LogP contribution in [0.4, 0.5) is 8.78 Å². The van der Waals surface area contributed by atoms with Crippen LogP contribution in [0.25, 0.3) is 10.8 Å². The van der Waals surface area contributed by atoms with Crippen molar-refractivity contribution in [3.05, 3.63) is 35.9 Å². The number of halogens is 2. The standard InChI is InChI=1S/C30H42F2O2/c1-3-5-18-33-25-12-11-24-19-27(29(32)28(31)26(24)20-25)34-21-30(15-4-2)16-13-23(14-17-30)22-9-7-6-8-10-22/h11-12,19-20,22-23H,3-10,13-18,21H2,1-2H3/t23-,30-. The summed E-state index contributed by atoms with van der Waals surface area (Å²) in [5.74, 6) is 0.616. The van der Waals surface area contributed by atoms with Crippen molar-refractivity contribution < 1.29 is 18.3 Å². The van der Waals surface area contributed by atoms with E-state index < -0.39 is 11.6 Å². The van der Waals surface area contributed by atoms with Gasteiger partial charge in [-0.25, -0.2) is 4.39 Å². The third-order valence-corrected chi connectivity index (χ3v) is 8.45. The quantitative estimate of drug-likeness (QED) is 0.321. The third-order valence-electron chi connectivity index (χ3n) is 8.45. The Bertz CT molecular complexity index is 927. The Balaban J connectivity index is 1.44. The number of rotatable bonds is 10. The molecule has 4 rings (SSSR count). The molecule has 0 aromatic heterocycles. The Labute approximate surface area is 204 Å². The summed E-state index contributed by atoms with van der Waals surface area (Å²) < 4.78 is 41.7. The maximum Gasteiger partial charge on any atom is 0.201 e. The van der Waals surface area contributed by atoms with Crippen LogP contribution in [0.3, 0.4) is 0 Å². The van der Waals surface area contributed by atoms with Crippen LogP contribution in [0.2, 0.25) is 0 Å². The predicted molar refractivity (Wildman–Crippen MR) is 136 cm³/mol. The number of hydrogen-bond donors (Lipinski definition) is 0. The molecule has 0 heterocycles. The van der Waals surface area contributed by atoms with Gasteiger partial charge in [0.2, 0.25) is 5.82 Å². The molecule has 2 fully saturated rings. The number of unbranched alkanes of at least 4 members (excludes halogenated alkanes) is 1. The first-order chi connectivity index (χ1) is 16.5. The molecule has 0 saturated heterocycles. The minimum absolute atomic E-state index is 0.0366. The lowest BCUT2D eigenvalue weighted by atomic mass is 9.64. The van der Waals surface area contributed by atoms with Crippen molar-refractivity contribution in [1.82, 2.24) is 0 Å². The smallest absolute Gasteiger partial charge is 0.201 e. The van der Waals surface area contributed by atoms with Gasteiger partial charge in [0, 0.05) is 10.8 Å². The molecule has 2 aromatic rings. The van der Waals surface area contributed by atoms with Gasteiger partial charge in [0.05, 0.1) is 13.2 Å². The Hall–Kier alpha value is -1.84. The van der Waals surface area contributed by atoms with Crippen molar-refractivity contribution in [2.75, 3.05) is 13.2 Å². The lowest BCUT2D eigenvalue weighted by Crippen LogP contribution is -2.35. The van der Waals surface area contributed by atoms with Gasteiger partial charge in [0.1, 0.15) is 5.75 Å². The molecule has 0 amide bonds. The summed E-state index contributed by atoms with van der Waals surface area (Å²) in [6.45, 7) is 5.35. The molecule has 0 N–H and O–H groups in total. The molecule has 0 unspecified atom stereocenters. The van der Waals surface area contributed by atoms with E-state index in [1.807, 2.05) is 6.07 Å². The van der Waals surface area contributed by atoms with Crippen molar-refractivity contribution in [2.45, 2.75) is 97.3 Å². The minimum atomic E-state index is -0.888. The van der Waals surface area contributed by atoms with Crippen LogP contribution >= 0.6 is 0 Å². The topological polar surface area (TPSA) is 18.5 Å². The maximum atomic E-state index is 15.0. The van der Waals surface area contributed by atoms with Gasteiger partial charge in [-0.05, 0) is 73.9 Å². The summed E-state index contributed by atoms with van der Waals surface area (Å²) in [5, 5.41) is 0.886. The van der Waals surface area contributed by atoms with Crippen LogP contribution < -0.4 is 9.47 Å². The first-order valence-corrected chi connectivity index (χ1v) is 13.7. The molecule has 2 aromatic carbocycles. The van der Waals surface area contributed by atoms with Crippen LogP contribution in [0, 0.1) is 28.9 Å². The van der Waals surface area contributed by atoms with E-state index in [2.05, 4.69) is 13.8 Å². The third kappa shape index (κ3) is 5.86. The van der Waals surface area contributed by atoms with Gasteiger partial charge in [-0.2, -0.15) is 4.39 Å². The molecule has 2 saturated carbocycles. The summed E-state index contributed by atoms with van der Waals surface area (Å²) in [6, 6.07) is 6.86. The fourth-order valence-corrected chi connectivity index (χ4v) is 6.37. The lowest BCUT2D eigenvalue weighted by molar-refractivity contribution is 0.0456. The molecular weight excluding hydrogens is 430 g/mol. The summed E-state index contributed by atoms with van der Waals surface area (Å²) in [4.78, 5) is 0. The van der Waals surface area contributed by atoms with E-state index >= 15 is 0 Å². The van der Waals surface area contributed by atoms with Crippen molar-refractivity contribution in [2.24, 2.45) is 17.3 Å². The van der Waals surface area contributed by atoms with Crippen LogP contribution in [0.5, 0.6) is 11.5 Å². The van der Waals surface area contributed by atoms with E-state index in [0.29, 0.717) is 24.3 Å². The molecule has 2 nitrogen and oxygen atoms in total. The van der Waals surface area contributed by atoms with E-state index in [0.717, 1.165) is 50.4 Å². The zero-order valence-corrected chi connectivity index (χ0v) is 21.1. The van der Waals surface area contributed by atoms with Gasteiger partial charge in [0.25, 0.3) is 0 Å². The zero-order chi connectivity index (χ0) is 24.0. The van der Waals surface area contributed by atoms with Crippen molar-refractivity contribution >= 4 is 10.8 Å². The van der Waals surface area contributed by atoms with E-state index in [-0.39, 0.29) is 16.6 Å². The largest absolute Gasteiger partial charge is 0.494 e. The van der Waals surface area contributed by atoms with E-state index in [9.17, 15) is 8.78 Å². The van der Waals surface area contributed by atoms with E-state index in [4.69, 9.17) is 9.47 Å². The Morgan fingerprint density at radius 3 is 2.29 bits per heavy atom. The summed E-state index contributed by atoms with van der Waals surface area (Å²) in [6.07, 6.45) is 15.9. The van der Waals surface area contributed by atoms with Crippen LogP contribution in [-0.2, 0) is 0 Å². The van der Waals surface area contributed by atoms with Crippen molar-refractivity contribution in [3.8, 4) is 11.5 Å². The zero-order valence-electron chi connectivity index (χ0n) is 21.1. The normalized spacial score (nSPS) is 23.8. The van der Waals surface area contributed by atoms with Gasteiger partial charge in [0.15, 0.2) is 11.6 Å². The van der Waals surface area contributed by atoms with Crippen LogP contribution in [-0.4, -0.2) is 13.2 Å². The molecule has 0 spiro atoms. The molecular formula is C30H42F2O2. The molecule has 0 aliphatic heterocycles. The van der Waals surface area contributed by atoms with E-state index in [1.165, 1.54) is 44.9 Å². The molecule has 0 radical (unpaired) electrons. The first kappa shape index (κ1) is 25.3. The van der Waals surface area contributed by atoms with Gasteiger partial charge in [-0.3, -0.25) is 0 Å². The molecule has 0 bridgehead atoms. The van der Waals surface area contributed by atoms with Gasteiger partial charge < -0.3 is 9.47 Å². The minimum Gasteiger partial charge on any atom is -0.494 e. The van der Waals surface area contributed by atoms with Gasteiger partial charge in [-0.1, -0.05) is 64.9 Å². The number of benzene rings is 2. The maximum absolute atomic E-state index is 15.0. The highest BCUT2D eigenvalue weighted by Crippen LogP contribution is 2.47. The van der Waals surface area contributed by atoms with Crippen LogP contribution in [0.15, 0.2) is 24.3 Å². The Kier molecular flexibility index (Phi) is 8.71. The summed E-state index contributed by atoms with van der Waals surface area (Å²) in [5.41, 5.74) is 0.0781. The highest BCUT2D eigenvalue weighted by Gasteiger charge is 2.38.